The fourth-order valence-corrected chi connectivity index (χ4v) is 1.56. The van der Waals surface area contributed by atoms with Crippen molar-refractivity contribution >= 4 is 11.6 Å². The van der Waals surface area contributed by atoms with Gasteiger partial charge in [0.2, 0.25) is 0 Å². The molecule has 0 saturated heterocycles. The van der Waals surface area contributed by atoms with Crippen LogP contribution in [-0.4, -0.2) is 12.1 Å². The lowest BCUT2D eigenvalue weighted by atomic mass is 10.3. The summed E-state index contributed by atoms with van der Waals surface area (Å²) in [6.45, 7) is 0.383. The molecule has 88 valence electrons. The summed E-state index contributed by atoms with van der Waals surface area (Å²) < 4.78 is 10.7. The van der Waals surface area contributed by atoms with Gasteiger partial charge in [0, 0.05) is 6.07 Å². The first-order chi connectivity index (χ1) is 8.28. The Bertz CT molecular complexity index is 502. The van der Waals surface area contributed by atoms with Gasteiger partial charge in [-0.05, 0) is 24.3 Å². The molecule has 0 fully saturated rings. The second-order valence-electron chi connectivity index (χ2n) is 3.42. The van der Waals surface area contributed by atoms with Gasteiger partial charge in [0.25, 0.3) is 0 Å². The minimum absolute atomic E-state index is 0.383. The highest BCUT2D eigenvalue weighted by molar-refractivity contribution is 6.29. The van der Waals surface area contributed by atoms with Crippen LogP contribution in [0.5, 0.6) is 11.5 Å². The van der Waals surface area contributed by atoms with Gasteiger partial charge in [-0.25, -0.2) is 4.98 Å². The molecule has 4 heteroatoms. The molecule has 0 bridgehead atoms. The van der Waals surface area contributed by atoms with Crippen LogP contribution >= 0.6 is 11.6 Å². The third-order valence-electron chi connectivity index (χ3n) is 2.20. The van der Waals surface area contributed by atoms with Gasteiger partial charge in [0.1, 0.15) is 23.3 Å². The van der Waals surface area contributed by atoms with E-state index in [0.29, 0.717) is 11.8 Å². The van der Waals surface area contributed by atoms with Crippen molar-refractivity contribution in [1.82, 2.24) is 4.98 Å². The molecule has 17 heavy (non-hydrogen) atoms. The zero-order chi connectivity index (χ0) is 12.1. The molecule has 0 atom stereocenters. The van der Waals surface area contributed by atoms with Crippen LogP contribution in [0.25, 0.3) is 0 Å². The molecule has 0 spiro atoms. The van der Waals surface area contributed by atoms with Crippen molar-refractivity contribution in [3.8, 4) is 11.5 Å². The normalized spacial score (nSPS) is 10.0. The van der Waals surface area contributed by atoms with Crippen LogP contribution in [0, 0.1) is 0 Å². The molecule has 1 aromatic carbocycles. The minimum atomic E-state index is 0.383. The molecule has 0 aliphatic carbocycles. The zero-order valence-corrected chi connectivity index (χ0v) is 10.1. The van der Waals surface area contributed by atoms with E-state index in [2.05, 4.69) is 4.98 Å². The Morgan fingerprint density at radius 2 is 1.88 bits per heavy atom. The summed E-state index contributed by atoms with van der Waals surface area (Å²) in [6, 6.07) is 12.9. The maximum absolute atomic E-state index is 5.79. The molecule has 1 heterocycles. The highest BCUT2D eigenvalue weighted by Gasteiger charge is 1.99. The molecule has 0 amide bonds. The first-order valence-corrected chi connectivity index (χ1v) is 5.54. The van der Waals surface area contributed by atoms with Crippen LogP contribution in [0.4, 0.5) is 0 Å². The summed E-state index contributed by atoms with van der Waals surface area (Å²) in [6.07, 6.45) is 0. The summed E-state index contributed by atoms with van der Waals surface area (Å²) in [5.74, 6) is 1.51. The lowest BCUT2D eigenvalue weighted by molar-refractivity contribution is 0.299. The number of pyridine rings is 1. The van der Waals surface area contributed by atoms with Crippen molar-refractivity contribution in [2.75, 3.05) is 7.11 Å². The topological polar surface area (TPSA) is 31.4 Å². The van der Waals surface area contributed by atoms with Crippen molar-refractivity contribution in [1.29, 1.82) is 0 Å². The number of benzene rings is 1. The molecule has 2 rings (SSSR count). The molecule has 0 saturated carbocycles. The van der Waals surface area contributed by atoms with Crippen LogP contribution in [0.1, 0.15) is 5.69 Å². The Kier molecular flexibility index (Phi) is 3.83. The molecule has 2 aromatic rings. The largest absolute Gasteiger partial charge is 0.497 e. The molecule has 0 unspecified atom stereocenters. The van der Waals surface area contributed by atoms with Gasteiger partial charge in [-0.3, -0.25) is 0 Å². The van der Waals surface area contributed by atoms with E-state index in [1.165, 1.54) is 0 Å². The summed E-state index contributed by atoms with van der Waals surface area (Å²) >= 11 is 5.79. The average Bonchev–Trinajstić information content (AvgIpc) is 2.37. The Balaban J connectivity index is 2.02. The molecular formula is C13H12ClNO2. The Labute approximate surface area is 105 Å². The van der Waals surface area contributed by atoms with Gasteiger partial charge < -0.3 is 9.47 Å². The van der Waals surface area contributed by atoms with Crippen LogP contribution in [0.2, 0.25) is 5.15 Å². The predicted molar refractivity (Wildman–Crippen MR) is 66.6 cm³/mol. The van der Waals surface area contributed by atoms with E-state index in [-0.39, 0.29) is 0 Å². The van der Waals surface area contributed by atoms with Crippen molar-refractivity contribution in [3.05, 3.63) is 53.3 Å². The van der Waals surface area contributed by atoms with Crippen LogP contribution in [0.15, 0.2) is 42.5 Å². The fraction of sp³-hybridized carbons (Fsp3) is 0.154. The van der Waals surface area contributed by atoms with E-state index in [0.717, 1.165) is 17.2 Å². The van der Waals surface area contributed by atoms with E-state index in [1.807, 2.05) is 36.4 Å². The SMILES string of the molecule is COc1cccc(OCc2cccc(Cl)n2)c1. The van der Waals surface area contributed by atoms with Gasteiger partial charge in [-0.1, -0.05) is 23.7 Å². The van der Waals surface area contributed by atoms with E-state index in [1.54, 1.807) is 13.2 Å². The van der Waals surface area contributed by atoms with Gasteiger partial charge in [0.05, 0.1) is 12.8 Å². The first kappa shape index (κ1) is 11.7. The second-order valence-corrected chi connectivity index (χ2v) is 3.81. The monoisotopic (exact) mass is 249 g/mol. The number of methoxy groups -OCH3 is 1. The standard InChI is InChI=1S/C13H12ClNO2/c1-16-11-5-3-6-12(8-11)17-9-10-4-2-7-13(14)15-10/h2-8H,9H2,1H3. The van der Waals surface area contributed by atoms with Crippen LogP contribution in [-0.2, 0) is 6.61 Å². The van der Waals surface area contributed by atoms with Gasteiger partial charge in [-0.2, -0.15) is 0 Å². The Morgan fingerprint density at radius 1 is 1.12 bits per heavy atom. The number of hydrogen-bond donors (Lipinski definition) is 0. The van der Waals surface area contributed by atoms with E-state index < -0.39 is 0 Å². The highest BCUT2D eigenvalue weighted by Crippen LogP contribution is 2.19. The minimum Gasteiger partial charge on any atom is -0.497 e. The van der Waals surface area contributed by atoms with Gasteiger partial charge in [-0.15, -0.1) is 0 Å². The smallest absolute Gasteiger partial charge is 0.130 e. The quantitative estimate of drug-likeness (QED) is 0.779. The fourth-order valence-electron chi connectivity index (χ4n) is 1.38. The molecule has 3 nitrogen and oxygen atoms in total. The Hall–Kier alpha value is -1.74. The van der Waals surface area contributed by atoms with Crippen LogP contribution < -0.4 is 9.47 Å². The predicted octanol–water partition coefficient (Wildman–Crippen LogP) is 3.32. The average molecular weight is 250 g/mol. The number of halogens is 1. The number of aromatic nitrogens is 1. The first-order valence-electron chi connectivity index (χ1n) is 5.16. The number of nitrogens with zero attached hydrogens (tertiary/aromatic N) is 1. The van der Waals surface area contributed by atoms with Crippen molar-refractivity contribution < 1.29 is 9.47 Å². The lowest BCUT2D eigenvalue weighted by Crippen LogP contribution is -1.98. The van der Waals surface area contributed by atoms with Crippen LogP contribution in [0.3, 0.4) is 0 Å². The maximum Gasteiger partial charge on any atom is 0.130 e. The number of hydrogen-bond acceptors (Lipinski definition) is 3. The van der Waals surface area contributed by atoms with Crippen molar-refractivity contribution in [2.45, 2.75) is 6.61 Å². The highest BCUT2D eigenvalue weighted by atomic mass is 35.5. The zero-order valence-electron chi connectivity index (χ0n) is 9.39. The third kappa shape index (κ3) is 3.36. The molecule has 0 N–H and O–H groups in total. The summed E-state index contributed by atoms with van der Waals surface area (Å²) in [5, 5.41) is 0.469. The van der Waals surface area contributed by atoms with Crippen molar-refractivity contribution in [3.63, 3.8) is 0 Å². The third-order valence-corrected chi connectivity index (χ3v) is 2.41. The summed E-state index contributed by atoms with van der Waals surface area (Å²) in [5.41, 5.74) is 0.792. The van der Waals surface area contributed by atoms with E-state index >= 15 is 0 Å². The summed E-state index contributed by atoms with van der Waals surface area (Å²) in [4.78, 5) is 4.14. The molecule has 0 aliphatic rings. The lowest BCUT2D eigenvalue weighted by Gasteiger charge is -2.07. The number of ether oxygens (including phenoxy) is 2. The van der Waals surface area contributed by atoms with Crippen molar-refractivity contribution in [2.24, 2.45) is 0 Å². The second kappa shape index (κ2) is 5.55. The van der Waals surface area contributed by atoms with Gasteiger partial charge in [0.15, 0.2) is 0 Å². The maximum atomic E-state index is 5.79. The molecule has 0 radical (unpaired) electrons. The Morgan fingerprint density at radius 3 is 2.65 bits per heavy atom. The molecular weight excluding hydrogens is 238 g/mol. The van der Waals surface area contributed by atoms with E-state index in [4.69, 9.17) is 21.1 Å². The van der Waals surface area contributed by atoms with Gasteiger partial charge >= 0.3 is 0 Å². The number of rotatable bonds is 4. The molecule has 1 aromatic heterocycles. The molecule has 0 aliphatic heterocycles. The van der Waals surface area contributed by atoms with E-state index in [9.17, 15) is 0 Å². The summed E-state index contributed by atoms with van der Waals surface area (Å²) in [7, 11) is 1.62.